The summed E-state index contributed by atoms with van der Waals surface area (Å²) < 4.78 is 48.2. The van der Waals surface area contributed by atoms with Crippen molar-refractivity contribution in [2.75, 3.05) is 60.6 Å². The van der Waals surface area contributed by atoms with Crippen LogP contribution in [0.1, 0.15) is 19.4 Å². The molecule has 7 rings (SSSR count). The van der Waals surface area contributed by atoms with E-state index in [0.717, 1.165) is 49.3 Å². The molecule has 3 atom stereocenters. The summed E-state index contributed by atoms with van der Waals surface area (Å²) in [6.07, 6.45) is 1.79. The Balaban J connectivity index is 0.916. The van der Waals surface area contributed by atoms with Crippen LogP contribution in [0.5, 0.6) is 5.75 Å². The van der Waals surface area contributed by atoms with Crippen LogP contribution in [0.4, 0.5) is 30.6 Å². The molecule has 1 unspecified atom stereocenters. The molecule has 4 aromatic rings. The van der Waals surface area contributed by atoms with Crippen LogP contribution in [-0.2, 0) is 21.6 Å². The van der Waals surface area contributed by atoms with Gasteiger partial charge in [0.1, 0.15) is 48.4 Å². The highest BCUT2D eigenvalue weighted by Crippen LogP contribution is 2.37. The molecule has 0 bridgehead atoms. The van der Waals surface area contributed by atoms with Crippen molar-refractivity contribution in [1.29, 1.82) is 0 Å². The van der Waals surface area contributed by atoms with Gasteiger partial charge in [-0.25, -0.2) is 23.2 Å². The molecule has 3 aromatic carbocycles. The number of benzene rings is 3. The summed E-state index contributed by atoms with van der Waals surface area (Å²) in [4.78, 5) is 25.0. The van der Waals surface area contributed by atoms with E-state index >= 15 is 0 Å². The monoisotopic (exact) mass is 674 g/mol. The van der Waals surface area contributed by atoms with Gasteiger partial charge in [-0.2, -0.15) is 5.10 Å². The Morgan fingerprint density at radius 2 is 1.61 bits per heavy atom. The minimum Gasteiger partial charge on any atom is -0.488 e. The zero-order valence-corrected chi connectivity index (χ0v) is 27.5. The van der Waals surface area contributed by atoms with E-state index in [9.17, 15) is 13.6 Å². The maximum absolute atomic E-state index is 14.9. The number of aromatic nitrogens is 3. The highest BCUT2D eigenvalue weighted by atomic mass is 19.1. The zero-order valence-electron chi connectivity index (χ0n) is 27.5. The van der Waals surface area contributed by atoms with Crippen LogP contribution in [0.3, 0.4) is 0 Å². The lowest BCUT2D eigenvalue weighted by molar-refractivity contribution is -0.117. The van der Waals surface area contributed by atoms with Gasteiger partial charge < -0.3 is 34.6 Å². The number of anilines is 3. The van der Waals surface area contributed by atoms with E-state index in [1.54, 1.807) is 9.80 Å². The van der Waals surface area contributed by atoms with Crippen LogP contribution in [0.15, 0.2) is 79.4 Å². The van der Waals surface area contributed by atoms with Crippen molar-refractivity contribution in [3.05, 3.63) is 96.6 Å². The third-order valence-electron chi connectivity index (χ3n) is 9.29. The second-order valence-electron chi connectivity index (χ2n) is 12.8. The number of nitrogens with zero attached hydrogens (tertiary/aromatic N) is 7. The molecule has 49 heavy (non-hydrogen) atoms. The predicted molar refractivity (Wildman–Crippen MR) is 179 cm³/mol. The van der Waals surface area contributed by atoms with Crippen molar-refractivity contribution in [2.24, 2.45) is 5.73 Å². The van der Waals surface area contributed by atoms with Crippen LogP contribution in [0.2, 0.25) is 0 Å². The van der Waals surface area contributed by atoms with Gasteiger partial charge in [-0.3, -0.25) is 4.90 Å². The molecule has 0 saturated carbocycles. The fraction of sp³-hybridized carbons (Fsp3) is 0.400. The van der Waals surface area contributed by atoms with Gasteiger partial charge >= 0.3 is 6.03 Å². The number of carbonyl (C=O) groups is 1. The van der Waals surface area contributed by atoms with Crippen LogP contribution in [0, 0.1) is 11.6 Å². The van der Waals surface area contributed by atoms with E-state index in [-0.39, 0.29) is 43.6 Å². The second-order valence-corrected chi connectivity index (χ2v) is 12.8. The van der Waals surface area contributed by atoms with E-state index in [2.05, 4.69) is 32.0 Å². The lowest BCUT2D eigenvalue weighted by atomic mass is 9.94. The van der Waals surface area contributed by atoms with Crippen molar-refractivity contribution in [3.63, 3.8) is 0 Å². The van der Waals surface area contributed by atoms with Crippen molar-refractivity contribution in [3.8, 4) is 5.75 Å². The van der Waals surface area contributed by atoms with E-state index in [1.165, 1.54) is 29.5 Å². The number of hydrogen-bond donors (Lipinski definition) is 1. The molecule has 4 heterocycles. The van der Waals surface area contributed by atoms with Gasteiger partial charge in [0.05, 0.1) is 19.7 Å². The molecule has 1 aromatic heterocycles. The SMILES string of the molecule is CC(C)N1C(=O)N(c2ccc(N3CCN(c4ccc(OC[C@H]5OC[C@](Cn6cncn6)(c6ccc(F)cc6F)O5)cc4)CC3)cc2)CC1N. The Kier molecular flexibility index (Phi) is 9.09. The highest BCUT2D eigenvalue weighted by molar-refractivity contribution is 5.95. The number of amides is 2. The number of ether oxygens (including phenoxy) is 3. The maximum Gasteiger partial charge on any atom is 0.326 e. The summed E-state index contributed by atoms with van der Waals surface area (Å²) in [6, 6.07) is 19.4. The van der Waals surface area contributed by atoms with E-state index in [1.807, 2.05) is 50.2 Å². The van der Waals surface area contributed by atoms with E-state index in [0.29, 0.717) is 12.3 Å². The number of halogens is 2. The van der Waals surface area contributed by atoms with Gasteiger partial charge in [-0.1, -0.05) is 6.07 Å². The van der Waals surface area contributed by atoms with Crippen molar-refractivity contribution >= 4 is 23.1 Å². The molecule has 2 amide bonds. The summed E-state index contributed by atoms with van der Waals surface area (Å²) in [5.41, 5.74) is 8.23. The Labute approximate surface area is 283 Å². The number of piperazine rings is 1. The third-order valence-corrected chi connectivity index (χ3v) is 9.29. The summed E-state index contributed by atoms with van der Waals surface area (Å²) in [5.74, 6) is -0.752. The normalized spacial score (nSPS) is 22.9. The molecule has 12 nitrogen and oxygen atoms in total. The van der Waals surface area contributed by atoms with Gasteiger partial charge in [0, 0.05) is 60.9 Å². The molecule has 258 valence electrons. The first-order valence-corrected chi connectivity index (χ1v) is 16.4. The average Bonchev–Trinajstić information content (AvgIpc) is 3.84. The fourth-order valence-electron chi connectivity index (χ4n) is 6.81. The third kappa shape index (κ3) is 6.76. The maximum atomic E-state index is 14.9. The van der Waals surface area contributed by atoms with Gasteiger partial charge in [-0.05, 0) is 68.4 Å². The van der Waals surface area contributed by atoms with Gasteiger partial charge in [0.25, 0.3) is 0 Å². The molecule has 3 saturated heterocycles. The molecule has 0 aliphatic carbocycles. The minimum absolute atomic E-state index is 0.0301. The molecule has 14 heteroatoms. The first-order chi connectivity index (χ1) is 23.7. The molecule has 0 spiro atoms. The summed E-state index contributed by atoms with van der Waals surface area (Å²) in [7, 11) is 0. The molecule has 2 N–H and O–H groups in total. The topological polar surface area (TPSA) is 114 Å². The van der Waals surface area contributed by atoms with Crippen LogP contribution in [0.25, 0.3) is 0 Å². The lowest BCUT2D eigenvalue weighted by Crippen LogP contribution is -2.46. The van der Waals surface area contributed by atoms with Crippen LogP contribution < -0.4 is 25.2 Å². The number of urea groups is 1. The Bertz CT molecular complexity index is 1740. The van der Waals surface area contributed by atoms with Crippen LogP contribution >= 0.6 is 0 Å². The summed E-state index contributed by atoms with van der Waals surface area (Å²) >= 11 is 0. The first kappa shape index (κ1) is 32.7. The summed E-state index contributed by atoms with van der Waals surface area (Å²) in [6.45, 7) is 8.08. The van der Waals surface area contributed by atoms with Crippen LogP contribution in [-0.4, -0.2) is 90.1 Å². The predicted octanol–water partition coefficient (Wildman–Crippen LogP) is 4.17. The highest BCUT2D eigenvalue weighted by Gasteiger charge is 2.46. The van der Waals surface area contributed by atoms with Gasteiger partial charge in [0.2, 0.25) is 0 Å². The second kappa shape index (κ2) is 13.6. The molecular weight excluding hydrogens is 634 g/mol. The van der Waals surface area contributed by atoms with Crippen molar-refractivity contribution < 1.29 is 27.8 Å². The number of hydrogen-bond acceptors (Lipinski definition) is 9. The largest absolute Gasteiger partial charge is 0.488 e. The Hall–Kier alpha value is -4.79. The summed E-state index contributed by atoms with van der Waals surface area (Å²) in [5, 5.41) is 4.13. The van der Waals surface area contributed by atoms with Gasteiger partial charge in [-0.15, -0.1) is 0 Å². The molecule has 3 fully saturated rings. The first-order valence-electron chi connectivity index (χ1n) is 16.4. The smallest absolute Gasteiger partial charge is 0.326 e. The number of nitrogens with two attached hydrogens (primary N) is 1. The average molecular weight is 675 g/mol. The van der Waals surface area contributed by atoms with E-state index in [4.69, 9.17) is 19.9 Å². The molecular formula is C35H40F2N8O4. The van der Waals surface area contributed by atoms with E-state index < -0.39 is 23.5 Å². The van der Waals surface area contributed by atoms with Gasteiger partial charge in [0.15, 0.2) is 6.29 Å². The standard InChI is InChI=1S/C35H40F2N8O4/c1-24(2)45-32(38)18-44(34(45)46)28-6-4-26(5-7-28)41-13-15-42(16-14-41)27-8-10-29(11-9-27)47-19-33-48-21-35(49-33,20-43-23-39-22-40-43)30-12-3-25(36)17-31(30)37/h3-12,17,22-24,32-33H,13-16,18-21,38H2,1-2H3/t32?,33-,35+/m0/s1. The van der Waals surface area contributed by atoms with Crippen molar-refractivity contribution in [1.82, 2.24) is 19.7 Å². The molecule has 3 aliphatic heterocycles. The Morgan fingerprint density at radius 3 is 2.20 bits per heavy atom. The fourth-order valence-corrected chi connectivity index (χ4v) is 6.81. The number of rotatable bonds is 10. The quantitative estimate of drug-likeness (QED) is 0.265. The van der Waals surface area contributed by atoms with Crippen molar-refractivity contribution in [2.45, 2.75) is 44.5 Å². The minimum atomic E-state index is -1.23. The Morgan fingerprint density at radius 1 is 0.959 bits per heavy atom. The lowest BCUT2D eigenvalue weighted by Gasteiger charge is -2.37. The number of carbonyl (C=O) groups excluding carboxylic acids is 1. The molecule has 0 radical (unpaired) electrons. The zero-order chi connectivity index (χ0) is 34.1. The molecule has 3 aliphatic rings.